The topological polar surface area (TPSA) is 35.5 Å². The predicted molar refractivity (Wildman–Crippen MR) is 58.2 cm³/mol. The Bertz CT molecular complexity index is 320. The van der Waals surface area contributed by atoms with Crippen LogP contribution in [0.25, 0.3) is 0 Å². The van der Waals surface area contributed by atoms with Gasteiger partial charge >= 0.3 is 5.97 Å². The largest absolute Gasteiger partial charge is 0.496 e. The number of rotatable bonds is 5. The van der Waals surface area contributed by atoms with Crippen LogP contribution >= 0.6 is 0 Å². The maximum atomic E-state index is 11.6. The van der Waals surface area contributed by atoms with Crippen LogP contribution in [0.2, 0.25) is 0 Å². The zero-order valence-electron chi connectivity index (χ0n) is 9.16. The molecule has 0 radical (unpaired) electrons. The number of carbonyl (C=O) groups excluding carboxylic acids is 1. The molecule has 0 aliphatic carbocycles. The van der Waals surface area contributed by atoms with Crippen molar-refractivity contribution in [3.63, 3.8) is 0 Å². The van der Waals surface area contributed by atoms with Gasteiger partial charge in [0.15, 0.2) is 0 Å². The number of hydrogen-bond donors (Lipinski definition) is 0. The first-order valence-corrected chi connectivity index (χ1v) is 5.09. The normalized spacial score (nSPS) is 9.73. The standard InChI is InChI=1S/C12H16O3/c1-3-4-9-15-12(13)10-7-5-6-8-11(10)14-2/h5-8H,3-4,9H2,1-2H3. The fourth-order valence-electron chi connectivity index (χ4n) is 1.20. The van der Waals surface area contributed by atoms with E-state index >= 15 is 0 Å². The summed E-state index contributed by atoms with van der Waals surface area (Å²) in [5.74, 6) is 0.236. The van der Waals surface area contributed by atoms with E-state index in [0.717, 1.165) is 12.8 Å². The summed E-state index contributed by atoms with van der Waals surface area (Å²) in [5, 5.41) is 0. The van der Waals surface area contributed by atoms with Gasteiger partial charge < -0.3 is 9.47 Å². The summed E-state index contributed by atoms with van der Waals surface area (Å²) in [7, 11) is 1.54. The molecule has 0 aliphatic rings. The SMILES string of the molecule is CCCCOC(=O)c1ccccc1OC. The van der Waals surface area contributed by atoms with Gasteiger partial charge in [0.05, 0.1) is 13.7 Å². The number of carbonyl (C=O) groups is 1. The summed E-state index contributed by atoms with van der Waals surface area (Å²) >= 11 is 0. The minimum atomic E-state index is -0.319. The van der Waals surface area contributed by atoms with E-state index in [2.05, 4.69) is 6.92 Å². The summed E-state index contributed by atoms with van der Waals surface area (Å²) in [6, 6.07) is 7.06. The highest BCUT2D eigenvalue weighted by molar-refractivity contribution is 5.92. The molecule has 1 aromatic rings. The quantitative estimate of drug-likeness (QED) is 0.551. The fourth-order valence-corrected chi connectivity index (χ4v) is 1.20. The Morgan fingerprint density at radius 2 is 2.07 bits per heavy atom. The van der Waals surface area contributed by atoms with Crippen LogP contribution in [0.1, 0.15) is 30.1 Å². The van der Waals surface area contributed by atoms with Crippen molar-refractivity contribution in [3.8, 4) is 5.75 Å². The van der Waals surface area contributed by atoms with E-state index in [0.29, 0.717) is 17.9 Å². The third kappa shape index (κ3) is 3.27. The molecule has 1 aromatic carbocycles. The maximum Gasteiger partial charge on any atom is 0.341 e. The molecule has 0 saturated heterocycles. The predicted octanol–water partition coefficient (Wildman–Crippen LogP) is 2.65. The van der Waals surface area contributed by atoms with Crippen molar-refractivity contribution in [2.45, 2.75) is 19.8 Å². The second-order valence-corrected chi connectivity index (χ2v) is 3.19. The molecular weight excluding hydrogens is 192 g/mol. The molecule has 82 valence electrons. The molecule has 0 unspecified atom stereocenters. The summed E-state index contributed by atoms with van der Waals surface area (Å²) in [4.78, 5) is 11.6. The number of hydrogen-bond acceptors (Lipinski definition) is 3. The Balaban J connectivity index is 2.64. The Kier molecular flexibility index (Phi) is 4.68. The molecule has 0 N–H and O–H groups in total. The highest BCUT2D eigenvalue weighted by Crippen LogP contribution is 2.18. The second kappa shape index (κ2) is 6.06. The van der Waals surface area contributed by atoms with Crippen LogP contribution in [0.15, 0.2) is 24.3 Å². The monoisotopic (exact) mass is 208 g/mol. The van der Waals surface area contributed by atoms with Gasteiger partial charge in [-0.25, -0.2) is 4.79 Å². The summed E-state index contributed by atoms with van der Waals surface area (Å²) in [6.07, 6.45) is 1.90. The summed E-state index contributed by atoms with van der Waals surface area (Å²) < 4.78 is 10.2. The minimum Gasteiger partial charge on any atom is -0.496 e. The molecule has 3 nitrogen and oxygen atoms in total. The first kappa shape index (κ1) is 11.6. The van der Waals surface area contributed by atoms with Gasteiger partial charge in [0.2, 0.25) is 0 Å². The third-order valence-electron chi connectivity index (χ3n) is 2.06. The van der Waals surface area contributed by atoms with E-state index in [4.69, 9.17) is 9.47 Å². The summed E-state index contributed by atoms with van der Waals surface area (Å²) in [6.45, 7) is 2.52. The smallest absolute Gasteiger partial charge is 0.341 e. The van der Waals surface area contributed by atoms with Crippen LogP contribution in [0.4, 0.5) is 0 Å². The fraction of sp³-hybridized carbons (Fsp3) is 0.417. The van der Waals surface area contributed by atoms with E-state index in [1.807, 2.05) is 6.07 Å². The molecule has 15 heavy (non-hydrogen) atoms. The zero-order valence-corrected chi connectivity index (χ0v) is 9.16. The van der Waals surface area contributed by atoms with Crippen LogP contribution in [-0.4, -0.2) is 19.7 Å². The Morgan fingerprint density at radius 3 is 2.73 bits per heavy atom. The lowest BCUT2D eigenvalue weighted by Crippen LogP contribution is -2.07. The van der Waals surface area contributed by atoms with Gasteiger partial charge in [0, 0.05) is 0 Å². The second-order valence-electron chi connectivity index (χ2n) is 3.19. The van der Waals surface area contributed by atoms with Crippen molar-refractivity contribution in [1.29, 1.82) is 0 Å². The highest BCUT2D eigenvalue weighted by atomic mass is 16.5. The molecule has 0 spiro atoms. The molecule has 0 atom stereocenters. The number of benzene rings is 1. The summed E-state index contributed by atoms with van der Waals surface area (Å²) in [5.41, 5.74) is 0.483. The Labute approximate surface area is 90.0 Å². The molecule has 0 aromatic heterocycles. The molecule has 3 heteroatoms. The molecule has 0 aliphatic heterocycles. The average Bonchev–Trinajstić information content (AvgIpc) is 2.29. The highest BCUT2D eigenvalue weighted by Gasteiger charge is 2.11. The van der Waals surface area contributed by atoms with Gasteiger partial charge in [-0.3, -0.25) is 0 Å². The van der Waals surface area contributed by atoms with Crippen molar-refractivity contribution < 1.29 is 14.3 Å². The molecule has 0 fully saturated rings. The Hall–Kier alpha value is -1.51. The van der Waals surface area contributed by atoms with E-state index < -0.39 is 0 Å². The molecule has 0 bridgehead atoms. The molecular formula is C12H16O3. The van der Waals surface area contributed by atoms with Gasteiger partial charge in [-0.15, -0.1) is 0 Å². The van der Waals surface area contributed by atoms with E-state index in [1.165, 1.54) is 7.11 Å². The van der Waals surface area contributed by atoms with Crippen molar-refractivity contribution in [3.05, 3.63) is 29.8 Å². The van der Waals surface area contributed by atoms with Crippen LogP contribution in [0.3, 0.4) is 0 Å². The maximum absolute atomic E-state index is 11.6. The number of methoxy groups -OCH3 is 1. The molecule has 0 heterocycles. The lowest BCUT2D eigenvalue weighted by atomic mass is 10.2. The van der Waals surface area contributed by atoms with Gasteiger partial charge in [0.1, 0.15) is 11.3 Å². The van der Waals surface area contributed by atoms with E-state index in [9.17, 15) is 4.79 Å². The lowest BCUT2D eigenvalue weighted by molar-refractivity contribution is 0.0496. The van der Waals surface area contributed by atoms with Gasteiger partial charge in [-0.05, 0) is 18.6 Å². The third-order valence-corrected chi connectivity index (χ3v) is 2.06. The number of para-hydroxylation sites is 1. The van der Waals surface area contributed by atoms with Gasteiger partial charge in [0.25, 0.3) is 0 Å². The first-order valence-electron chi connectivity index (χ1n) is 5.09. The Morgan fingerprint density at radius 1 is 1.33 bits per heavy atom. The van der Waals surface area contributed by atoms with Crippen molar-refractivity contribution in [2.75, 3.05) is 13.7 Å². The van der Waals surface area contributed by atoms with Crippen molar-refractivity contribution >= 4 is 5.97 Å². The molecule has 0 saturated carbocycles. The van der Waals surface area contributed by atoms with Crippen LogP contribution in [0.5, 0.6) is 5.75 Å². The van der Waals surface area contributed by atoms with Crippen LogP contribution in [-0.2, 0) is 4.74 Å². The lowest BCUT2D eigenvalue weighted by Gasteiger charge is -2.07. The van der Waals surface area contributed by atoms with Crippen molar-refractivity contribution in [2.24, 2.45) is 0 Å². The average molecular weight is 208 g/mol. The minimum absolute atomic E-state index is 0.319. The van der Waals surface area contributed by atoms with Crippen LogP contribution in [0, 0.1) is 0 Å². The van der Waals surface area contributed by atoms with Gasteiger partial charge in [-0.2, -0.15) is 0 Å². The van der Waals surface area contributed by atoms with E-state index in [-0.39, 0.29) is 5.97 Å². The molecule has 0 amide bonds. The number of esters is 1. The molecule has 1 rings (SSSR count). The zero-order chi connectivity index (χ0) is 11.1. The van der Waals surface area contributed by atoms with Crippen molar-refractivity contribution in [1.82, 2.24) is 0 Å². The van der Waals surface area contributed by atoms with Crippen LogP contribution < -0.4 is 4.74 Å². The first-order chi connectivity index (χ1) is 7.29. The number of unbranched alkanes of at least 4 members (excludes halogenated alkanes) is 1. The number of ether oxygens (including phenoxy) is 2. The van der Waals surface area contributed by atoms with E-state index in [1.54, 1.807) is 18.2 Å². The van der Waals surface area contributed by atoms with Gasteiger partial charge in [-0.1, -0.05) is 25.5 Å².